The smallest absolute Gasteiger partial charge is 0.336 e. The van der Waals surface area contributed by atoms with Gasteiger partial charge in [-0.1, -0.05) is 27.2 Å². The van der Waals surface area contributed by atoms with Gasteiger partial charge >= 0.3 is 5.97 Å². The number of benzene rings is 1. The first-order valence-corrected chi connectivity index (χ1v) is 9.17. The quantitative estimate of drug-likeness (QED) is 0.787. The Balaban J connectivity index is 2.37. The van der Waals surface area contributed by atoms with E-state index in [-0.39, 0.29) is 10.8 Å². The molecule has 3 rings (SSSR count). The molecule has 0 unspecified atom stereocenters. The molecule has 2 heterocycles. The Morgan fingerprint density at radius 1 is 1.16 bits per heavy atom. The number of aromatic carboxylic acids is 1. The molecule has 0 aliphatic carbocycles. The van der Waals surface area contributed by atoms with Gasteiger partial charge in [-0.05, 0) is 20.8 Å². The number of nitrogens with zero attached hydrogens (tertiary/aromatic N) is 2. The summed E-state index contributed by atoms with van der Waals surface area (Å²) in [6, 6.07) is 1.89. The summed E-state index contributed by atoms with van der Waals surface area (Å²) in [4.78, 5) is 16.9. The summed E-state index contributed by atoms with van der Waals surface area (Å²) in [7, 11) is 0. The van der Waals surface area contributed by atoms with Gasteiger partial charge in [0.25, 0.3) is 0 Å². The molecule has 2 aliphatic rings. The first-order chi connectivity index (χ1) is 11.5. The Hall–Kier alpha value is -1.97. The van der Waals surface area contributed by atoms with Crippen LogP contribution in [0.3, 0.4) is 0 Å². The van der Waals surface area contributed by atoms with Gasteiger partial charge in [-0.3, -0.25) is 4.99 Å². The third kappa shape index (κ3) is 2.30. The zero-order valence-corrected chi connectivity index (χ0v) is 16.4. The molecule has 0 fully saturated rings. The van der Waals surface area contributed by atoms with Crippen LogP contribution in [0.5, 0.6) is 0 Å². The van der Waals surface area contributed by atoms with Crippen LogP contribution in [0.2, 0.25) is 0 Å². The lowest BCUT2D eigenvalue weighted by Crippen LogP contribution is -2.27. The number of aliphatic imine (C=N–C) groups is 1. The maximum absolute atomic E-state index is 12.0. The van der Waals surface area contributed by atoms with E-state index in [1.807, 2.05) is 13.0 Å². The maximum atomic E-state index is 12.0. The van der Waals surface area contributed by atoms with E-state index in [0.717, 1.165) is 42.0 Å². The van der Waals surface area contributed by atoms with Crippen molar-refractivity contribution in [1.82, 2.24) is 0 Å². The van der Waals surface area contributed by atoms with E-state index >= 15 is 0 Å². The van der Waals surface area contributed by atoms with Crippen molar-refractivity contribution >= 4 is 28.8 Å². The van der Waals surface area contributed by atoms with Crippen molar-refractivity contribution in [2.75, 3.05) is 6.54 Å². The molecule has 0 aromatic heterocycles. The van der Waals surface area contributed by atoms with E-state index in [9.17, 15) is 9.90 Å². The standard InChI is InChI=1S/C21H28N2O2/c1-8-9-10-23-13(3)21(6,7)17-15(23)11-14(19(24)25)16-18(17)22-12(2)20(16,4)5/h11H,8-10H2,1-7H3/p+1. The fourth-order valence-corrected chi connectivity index (χ4v) is 4.19. The van der Waals surface area contributed by atoms with Gasteiger partial charge in [0.15, 0.2) is 5.71 Å². The Kier molecular flexibility index (Phi) is 3.94. The molecule has 4 heteroatoms. The van der Waals surface area contributed by atoms with Gasteiger partial charge in [-0.15, -0.1) is 0 Å². The van der Waals surface area contributed by atoms with Crippen molar-refractivity contribution < 1.29 is 14.5 Å². The molecule has 25 heavy (non-hydrogen) atoms. The summed E-state index contributed by atoms with van der Waals surface area (Å²) in [5, 5.41) is 9.88. The zero-order chi connectivity index (χ0) is 18.7. The van der Waals surface area contributed by atoms with Crippen molar-refractivity contribution in [2.24, 2.45) is 4.99 Å². The molecule has 2 aliphatic heterocycles. The Labute approximate surface area is 150 Å². The molecule has 0 saturated heterocycles. The fraction of sp³-hybridized carbons (Fsp3) is 0.571. The molecule has 0 atom stereocenters. The Morgan fingerprint density at radius 3 is 2.36 bits per heavy atom. The maximum Gasteiger partial charge on any atom is 0.336 e. The molecule has 0 amide bonds. The zero-order valence-electron chi connectivity index (χ0n) is 16.4. The summed E-state index contributed by atoms with van der Waals surface area (Å²) in [6.45, 7) is 15.9. The monoisotopic (exact) mass is 341 g/mol. The highest BCUT2D eigenvalue weighted by molar-refractivity contribution is 6.08. The van der Waals surface area contributed by atoms with Crippen LogP contribution in [0.25, 0.3) is 0 Å². The number of hydrogen-bond acceptors (Lipinski definition) is 2. The highest BCUT2D eigenvalue weighted by Gasteiger charge is 2.50. The SMILES string of the molecule is CCCC[N+]1=C(C)C(C)(C)c2c1cc(C(=O)O)c1c2N=C(C)C1(C)C. The third-order valence-corrected chi connectivity index (χ3v) is 6.28. The fourth-order valence-electron chi connectivity index (χ4n) is 4.19. The number of carboxylic acid groups (broad SMARTS) is 1. The molecule has 1 aromatic carbocycles. The van der Waals surface area contributed by atoms with Gasteiger partial charge in [-0.2, -0.15) is 4.58 Å². The van der Waals surface area contributed by atoms with Crippen LogP contribution >= 0.6 is 0 Å². The van der Waals surface area contributed by atoms with Gasteiger partial charge in [0.05, 0.1) is 22.2 Å². The van der Waals surface area contributed by atoms with Crippen LogP contribution in [0.4, 0.5) is 11.4 Å². The molecule has 1 aromatic rings. The second-order valence-electron chi connectivity index (χ2n) is 8.38. The van der Waals surface area contributed by atoms with Crippen molar-refractivity contribution in [3.63, 3.8) is 0 Å². The van der Waals surface area contributed by atoms with Gasteiger partial charge in [-0.25, -0.2) is 4.79 Å². The number of fused-ring (bicyclic) bond motifs is 3. The number of carboxylic acids is 1. The van der Waals surface area contributed by atoms with Crippen LogP contribution in [-0.2, 0) is 10.8 Å². The topological polar surface area (TPSA) is 52.7 Å². The normalized spacial score (nSPS) is 19.7. The molecule has 0 saturated carbocycles. The van der Waals surface area contributed by atoms with Crippen LogP contribution < -0.4 is 0 Å². The van der Waals surface area contributed by atoms with Gasteiger partial charge in [0, 0.05) is 36.1 Å². The molecule has 0 bridgehead atoms. The molecule has 0 radical (unpaired) electrons. The van der Waals surface area contributed by atoms with Crippen molar-refractivity contribution in [1.29, 1.82) is 0 Å². The Morgan fingerprint density at radius 2 is 1.80 bits per heavy atom. The van der Waals surface area contributed by atoms with Gasteiger partial charge in [0.1, 0.15) is 6.54 Å². The van der Waals surface area contributed by atoms with Crippen molar-refractivity contribution in [3.05, 3.63) is 22.8 Å². The van der Waals surface area contributed by atoms with Crippen LogP contribution in [-0.4, -0.2) is 33.6 Å². The molecule has 4 nitrogen and oxygen atoms in total. The number of unbranched alkanes of at least 4 members (excludes halogenated alkanes) is 1. The summed E-state index contributed by atoms with van der Waals surface area (Å²) >= 11 is 0. The molecule has 134 valence electrons. The minimum Gasteiger partial charge on any atom is -0.478 e. The number of hydrogen-bond donors (Lipinski definition) is 1. The largest absolute Gasteiger partial charge is 0.478 e. The van der Waals surface area contributed by atoms with Crippen LogP contribution in [0.15, 0.2) is 11.1 Å². The summed E-state index contributed by atoms with van der Waals surface area (Å²) in [6.07, 6.45) is 2.20. The minimum atomic E-state index is -0.866. The van der Waals surface area contributed by atoms with Crippen LogP contribution in [0, 0.1) is 0 Å². The predicted octanol–water partition coefficient (Wildman–Crippen LogP) is 4.96. The molecular weight excluding hydrogens is 312 g/mol. The van der Waals surface area contributed by atoms with E-state index in [1.54, 1.807) is 0 Å². The summed E-state index contributed by atoms with van der Waals surface area (Å²) in [5.41, 5.74) is 6.14. The van der Waals surface area contributed by atoms with E-state index in [2.05, 4.69) is 46.1 Å². The molecular formula is C21H29N2O2+. The number of carbonyl (C=O) groups is 1. The summed E-state index contributed by atoms with van der Waals surface area (Å²) in [5.74, 6) is -0.866. The van der Waals surface area contributed by atoms with Crippen LogP contribution in [0.1, 0.15) is 82.8 Å². The highest BCUT2D eigenvalue weighted by Crippen LogP contribution is 2.53. The second kappa shape index (κ2) is 5.52. The number of rotatable bonds is 4. The Bertz CT molecular complexity index is 842. The third-order valence-electron chi connectivity index (χ3n) is 6.28. The molecule has 1 N–H and O–H groups in total. The van der Waals surface area contributed by atoms with E-state index in [4.69, 9.17) is 4.99 Å². The first kappa shape index (κ1) is 17.8. The van der Waals surface area contributed by atoms with E-state index in [0.29, 0.717) is 5.56 Å². The van der Waals surface area contributed by atoms with Crippen molar-refractivity contribution in [3.8, 4) is 0 Å². The highest BCUT2D eigenvalue weighted by atomic mass is 16.4. The minimum absolute atomic E-state index is 0.144. The predicted molar refractivity (Wildman–Crippen MR) is 103 cm³/mol. The van der Waals surface area contributed by atoms with Gasteiger partial charge in [0.2, 0.25) is 5.69 Å². The first-order valence-electron chi connectivity index (χ1n) is 9.17. The average Bonchev–Trinajstić information content (AvgIpc) is 2.86. The molecule has 0 spiro atoms. The lowest BCUT2D eigenvalue weighted by Gasteiger charge is -2.24. The van der Waals surface area contributed by atoms with E-state index in [1.165, 1.54) is 11.3 Å². The average molecular weight is 341 g/mol. The lowest BCUT2D eigenvalue weighted by atomic mass is 9.74. The van der Waals surface area contributed by atoms with Gasteiger partial charge < -0.3 is 5.11 Å². The lowest BCUT2D eigenvalue weighted by molar-refractivity contribution is -0.439. The summed E-state index contributed by atoms with van der Waals surface area (Å²) < 4.78 is 2.31. The van der Waals surface area contributed by atoms with E-state index < -0.39 is 5.97 Å². The second-order valence-corrected chi connectivity index (χ2v) is 8.38. The van der Waals surface area contributed by atoms with Crippen molar-refractivity contribution in [2.45, 2.75) is 72.1 Å².